The summed E-state index contributed by atoms with van der Waals surface area (Å²) in [5.74, 6) is 0.102. The molecule has 1 fully saturated rings. The largest absolute Gasteiger partial charge is 0.326 e. The Kier molecular flexibility index (Phi) is 7.62. The lowest BCUT2D eigenvalue weighted by atomic mass is 10.1. The molecule has 3 aromatic rings. The molecule has 1 aliphatic heterocycles. The Labute approximate surface area is 208 Å². The van der Waals surface area contributed by atoms with E-state index in [1.165, 1.54) is 6.92 Å². The first-order chi connectivity index (χ1) is 16.9. The fraction of sp³-hybridized carbons (Fsp3) is 0.185. The zero-order valence-electron chi connectivity index (χ0n) is 19.5. The molecule has 3 amide bonds. The lowest BCUT2D eigenvalue weighted by Crippen LogP contribution is -2.27. The Balaban J connectivity index is 1.39. The highest BCUT2D eigenvalue weighted by molar-refractivity contribution is 8.00. The zero-order valence-corrected chi connectivity index (χ0v) is 20.3. The van der Waals surface area contributed by atoms with Gasteiger partial charge in [-0.25, -0.2) is 5.43 Å². The van der Waals surface area contributed by atoms with Crippen LogP contribution >= 0.6 is 11.8 Å². The Morgan fingerprint density at radius 2 is 1.60 bits per heavy atom. The molecule has 0 bridgehead atoms. The van der Waals surface area contributed by atoms with Crippen molar-refractivity contribution in [2.75, 3.05) is 11.1 Å². The quantitative estimate of drug-likeness (QED) is 0.378. The van der Waals surface area contributed by atoms with Crippen molar-refractivity contribution < 1.29 is 14.4 Å². The zero-order chi connectivity index (χ0) is 24.8. The first-order valence-corrected chi connectivity index (χ1v) is 12.2. The molecule has 1 atom stereocenters. The smallest absolute Gasteiger partial charge is 0.271 e. The number of carbonyl (C=O) groups is 3. The van der Waals surface area contributed by atoms with Crippen LogP contribution in [0.4, 0.5) is 5.69 Å². The van der Waals surface area contributed by atoms with E-state index in [-0.39, 0.29) is 23.1 Å². The van der Waals surface area contributed by atoms with Crippen LogP contribution in [0, 0.1) is 0 Å². The van der Waals surface area contributed by atoms with Crippen molar-refractivity contribution in [2.24, 2.45) is 5.10 Å². The molecule has 1 heterocycles. The van der Waals surface area contributed by atoms with Gasteiger partial charge < -0.3 is 10.2 Å². The summed E-state index contributed by atoms with van der Waals surface area (Å²) < 4.78 is 0. The van der Waals surface area contributed by atoms with Crippen LogP contribution in [0.5, 0.6) is 0 Å². The van der Waals surface area contributed by atoms with Crippen molar-refractivity contribution >= 4 is 40.9 Å². The minimum atomic E-state index is -0.318. The topological polar surface area (TPSA) is 90.9 Å². The molecule has 7 nitrogen and oxygen atoms in total. The average Bonchev–Trinajstić information content (AvgIpc) is 3.23. The van der Waals surface area contributed by atoms with Gasteiger partial charge in [-0.3, -0.25) is 14.4 Å². The standard InChI is InChI=1S/C27H26N4O3S/c1-18(21-12-14-24(15-13-21)28-19(2)32)29-30-26(34)22-8-10-23(11-9-22)27-31(25(33)17-35-27)16-20-6-4-3-5-7-20/h3-15,27H,16-17H2,1-2H3,(H,28,32)(H,30,34)/b29-18-/t27-/m1/s1. The van der Waals surface area contributed by atoms with Crippen LogP contribution in [-0.4, -0.2) is 34.1 Å². The highest BCUT2D eigenvalue weighted by Crippen LogP contribution is 2.39. The number of nitrogens with one attached hydrogen (secondary N) is 2. The molecule has 178 valence electrons. The van der Waals surface area contributed by atoms with Gasteiger partial charge in [-0.15, -0.1) is 11.8 Å². The fourth-order valence-corrected chi connectivity index (χ4v) is 4.93. The maximum absolute atomic E-state index is 12.6. The van der Waals surface area contributed by atoms with Crippen molar-refractivity contribution in [1.29, 1.82) is 0 Å². The van der Waals surface area contributed by atoms with E-state index in [0.29, 0.717) is 29.3 Å². The number of rotatable bonds is 7. The number of hydrazone groups is 1. The van der Waals surface area contributed by atoms with Gasteiger partial charge in [0.05, 0.1) is 11.5 Å². The summed E-state index contributed by atoms with van der Waals surface area (Å²) in [7, 11) is 0. The Hall–Kier alpha value is -3.91. The van der Waals surface area contributed by atoms with Gasteiger partial charge in [0.1, 0.15) is 5.37 Å². The van der Waals surface area contributed by atoms with Crippen molar-refractivity contribution in [3.63, 3.8) is 0 Å². The Bertz CT molecular complexity index is 1240. The van der Waals surface area contributed by atoms with Crippen molar-refractivity contribution in [2.45, 2.75) is 25.8 Å². The number of carbonyl (C=O) groups excluding carboxylic acids is 3. The molecule has 0 aromatic heterocycles. The molecule has 0 aliphatic carbocycles. The van der Waals surface area contributed by atoms with Crippen LogP contribution in [0.3, 0.4) is 0 Å². The van der Waals surface area contributed by atoms with Gasteiger partial charge >= 0.3 is 0 Å². The predicted octanol–water partition coefficient (Wildman–Crippen LogP) is 4.57. The van der Waals surface area contributed by atoms with Gasteiger partial charge in [-0.1, -0.05) is 54.6 Å². The van der Waals surface area contributed by atoms with Crippen LogP contribution in [-0.2, 0) is 16.1 Å². The van der Waals surface area contributed by atoms with E-state index in [2.05, 4.69) is 15.8 Å². The highest BCUT2D eigenvalue weighted by Gasteiger charge is 2.32. The van der Waals surface area contributed by atoms with E-state index in [1.54, 1.807) is 43.0 Å². The van der Waals surface area contributed by atoms with Crippen molar-refractivity contribution in [3.8, 4) is 0 Å². The molecule has 3 aromatic carbocycles. The summed E-state index contributed by atoms with van der Waals surface area (Å²) in [6, 6.07) is 24.4. The number of amides is 3. The van der Waals surface area contributed by atoms with Crippen LogP contribution in [0.25, 0.3) is 0 Å². The molecule has 0 saturated carbocycles. The predicted molar refractivity (Wildman–Crippen MR) is 139 cm³/mol. The van der Waals surface area contributed by atoms with Crippen molar-refractivity contribution in [3.05, 3.63) is 101 Å². The number of hydrogen-bond donors (Lipinski definition) is 2. The van der Waals surface area contributed by atoms with Gasteiger partial charge in [-0.05, 0) is 47.9 Å². The molecule has 8 heteroatoms. The third-order valence-electron chi connectivity index (χ3n) is 5.57. The van der Waals surface area contributed by atoms with Gasteiger partial charge in [0, 0.05) is 24.7 Å². The number of nitrogens with zero attached hydrogens (tertiary/aromatic N) is 2. The lowest BCUT2D eigenvalue weighted by molar-refractivity contribution is -0.128. The van der Waals surface area contributed by atoms with Crippen LogP contribution < -0.4 is 10.7 Å². The minimum Gasteiger partial charge on any atom is -0.326 e. The molecular formula is C27H26N4O3S. The summed E-state index contributed by atoms with van der Waals surface area (Å²) in [6.07, 6.45) is 0. The molecule has 0 unspecified atom stereocenters. The van der Waals surface area contributed by atoms with E-state index in [0.717, 1.165) is 16.7 Å². The van der Waals surface area contributed by atoms with Crippen LogP contribution in [0.2, 0.25) is 0 Å². The summed E-state index contributed by atoms with van der Waals surface area (Å²) >= 11 is 1.59. The molecule has 0 radical (unpaired) electrons. The van der Waals surface area contributed by atoms with E-state index >= 15 is 0 Å². The maximum Gasteiger partial charge on any atom is 0.271 e. The summed E-state index contributed by atoms with van der Waals surface area (Å²) in [5.41, 5.74) is 7.30. The number of thioether (sulfide) groups is 1. The molecule has 35 heavy (non-hydrogen) atoms. The second kappa shape index (κ2) is 11.0. The number of hydrogen-bond acceptors (Lipinski definition) is 5. The molecule has 0 spiro atoms. The third-order valence-corrected chi connectivity index (χ3v) is 6.83. The monoisotopic (exact) mass is 486 g/mol. The summed E-state index contributed by atoms with van der Waals surface area (Å²) in [5, 5.41) is 6.83. The second-order valence-corrected chi connectivity index (χ2v) is 9.26. The van der Waals surface area contributed by atoms with E-state index in [1.807, 2.05) is 59.5 Å². The van der Waals surface area contributed by atoms with Crippen molar-refractivity contribution in [1.82, 2.24) is 10.3 Å². The van der Waals surface area contributed by atoms with E-state index < -0.39 is 0 Å². The summed E-state index contributed by atoms with van der Waals surface area (Å²) in [6.45, 7) is 3.81. The lowest BCUT2D eigenvalue weighted by Gasteiger charge is -2.24. The summed E-state index contributed by atoms with van der Waals surface area (Å²) in [4.78, 5) is 38.1. The first kappa shape index (κ1) is 24.2. The van der Waals surface area contributed by atoms with Crippen LogP contribution in [0.15, 0.2) is 84.0 Å². The fourth-order valence-electron chi connectivity index (χ4n) is 3.74. The molecular weight excluding hydrogens is 460 g/mol. The normalized spacial score (nSPS) is 15.7. The average molecular weight is 487 g/mol. The highest BCUT2D eigenvalue weighted by atomic mass is 32.2. The molecule has 1 aliphatic rings. The van der Waals surface area contributed by atoms with Gasteiger partial charge in [-0.2, -0.15) is 5.10 Å². The minimum absolute atomic E-state index is 0.0828. The number of anilines is 1. The Morgan fingerprint density at radius 1 is 0.943 bits per heavy atom. The van der Waals surface area contributed by atoms with Gasteiger partial charge in [0.15, 0.2) is 0 Å². The second-order valence-electron chi connectivity index (χ2n) is 8.19. The van der Waals surface area contributed by atoms with Gasteiger partial charge in [0.2, 0.25) is 11.8 Å². The molecule has 2 N–H and O–H groups in total. The first-order valence-electron chi connectivity index (χ1n) is 11.2. The van der Waals surface area contributed by atoms with E-state index in [9.17, 15) is 14.4 Å². The third kappa shape index (κ3) is 6.16. The maximum atomic E-state index is 12.6. The Morgan fingerprint density at radius 3 is 2.26 bits per heavy atom. The van der Waals surface area contributed by atoms with Gasteiger partial charge in [0.25, 0.3) is 5.91 Å². The van der Waals surface area contributed by atoms with E-state index in [4.69, 9.17) is 0 Å². The molecule has 1 saturated heterocycles. The number of benzene rings is 3. The SMILES string of the molecule is CC(=O)Nc1ccc(/C(C)=N\NC(=O)c2ccc([C@H]3SCC(=O)N3Cc3ccccc3)cc2)cc1. The molecule has 4 rings (SSSR count). The van der Waals surface area contributed by atoms with Crippen LogP contribution in [0.1, 0.15) is 46.3 Å².